The molecule has 1 fully saturated rings. The fourth-order valence-corrected chi connectivity index (χ4v) is 3.55. The van der Waals surface area contributed by atoms with Gasteiger partial charge in [-0.05, 0) is 61.7 Å². The molecule has 0 radical (unpaired) electrons. The zero-order chi connectivity index (χ0) is 21.1. The van der Waals surface area contributed by atoms with Crippen LogP contribution in [0.15, 0.2) is 47.8 Å². The highest BCUT2D eigenvalue weighted by Crippen LogP contribution is 2.22. The van der Waals surface area contributed by atoms with Gasteiger partial charge in [-0.25, -0.2) is 4.98 Å². The van der Waals surface area contributed by atoms with Crippen LogP contribution in [0.1, 0.15) is 44.3 Å². The van der Waals surface area contributed by atoms with Crippen LogP contribution in [0, 0.1) is 6.92 Å². The summed E-state index contributed by atoms with van der Waals surface area (Å²) in [4.78, 5) is 29.3. The topological polar surface area (TPSA) is 80.3 Å². The molecular formula is C22H20ClN3O3S. The lowest BCUT2D eigenvalue weighted by Gasteiger charge is -2.10. The number of carbonyl (C=O) groups is 2. The Labute approximate surface area is 183 Å². The van der Waals surface area contributed by atoms with E-state index in [1.807, 2.05) is 13.0 Å². The van der Waals surface area contributed by atoms with Crippen LogP contribution in [-0.2, 0) is 6.61 Å². The van der Waals surface area contributed by atoms with Gasteiger partial charge in [0.2, 0.25) is 0 Å². The van der Waals surface area contributed by atoms with Crippen molar-refractivity contribution in [3.8, 4) is 5.75 Å². The van der Waals surface area contributed by atoms with Crippen molar-refractivity contribution in [1.82, 2.24) is 10.3 Å². The van der Waals surface area contributed by atoms with Gasteiger partial charge in [-0.1, -0.05) is 17.7 Å². The summed E-state index contributed by atoms with van der Waals surface area (Å²) in [5.74, 6) is 0.229. The van der Waals surface area contributed by atoms with Crippen LogP contribution in [0.3, 0.4) is 0 Å². The number of thiazole rings is 1. The normalized spacial score (nSPS) is 13.0. The number of amides is 2. The predicted molar refractivity (Wildman–Crippen MR) is 118 cm³/mol. The Bertz CT molecular complexity index is 1080. The van der Waals surface area contributed by atoms with Crippen LogP contribution in [0.5, 0.6) is 5.75 Å². The molecule has 0 aliphatic heterocycles. The second kappa shape index (κ2) is 8.85. The number of nitrogens with one attached hydrogen (secondary N) is 2. The largest absolute Gasteiger partial charge is 0.486 e. The van der Waals surface area contributed by atoms with Crippen molar-refractivity contribution in [3.05, 3.63) is 74.7 Å². The van der Waals surface area contributed by atoms with E-state index in [-0.39, 0.29) is 24.5 Å². The van der Waals surface area contributed by atoms with Crippen LogP contribution in [0.4, 0.5) is 5.69 Å². The van der Waals surface area contributed by atoms with Crippen molar-refractivity contribution in [2.24, 2.45) is 0 Å². The number of halogens is 1. The van der Waals surface area contributed by atoms with Gasteiger partial charge in [0.15, 0.2) is 0 Å². The first-order valence-corrected chi connectivity index (χ1v) is 10.8. The number of benzene rings is 2. The highest BCUT2D eigenvalue weighted by molar-refractivity contribution is 7.09. The molecular weight excluding hydrogens is 422 g/mol. The van der Waals surface area contributed by atoms with E-state index in [2.05, 4.69) is 15.6 Å². The molecule has 0 saturated heterocycles. The summed E-state index contributed by atoms with van der Waals surface area (Å²) in [5.41, 5.74) is 2.29. The Morgan fingerprint density at radius 3 is 2.67 bits per heavy atom. The predicted octanol–water partition coefficient (Wildman–Crippen LogP) is 4.83. The highest BCUT2D eigenvalue weighted by Gasteiger charge is 2.24. The number of aryl methyl sites for hydroxylation is 1. The number of rotatable bonds is 7. The fraction of sp³-hybridized carbons (Fsp3) is 0.227. The molecule has 154 valence electrons. The third-order valence-corrected chi connectivity index (χ3v) is 5.70. The molecule has 6 nitrogen and oxygen atoms in total. The number of anilines is 1. The number of hydrogen-bond acceptors (Lipinski definition) is 5. The average Bonchev–Trinajstić information content (AvgIpc) is 3.42. The average molecular weight is 442 g/mol. The highest BCUT2D eigenvalue weighted by atomic mass is 35.5. The Morgan fingerprint density at radius 2 is 1.93 bits per heavy atom. The number of hydrogen-bond donors (Lipinski definition) is 2. The molecule has 1 heterocycles. The Balaban J connectivity index is 1.39. The molecule has 2 N–H and O–H groups in total. The van der Waals surface area contributed by atoms with Crippen LogP contribution in [-0.4, -0.2) is 22.8 Å². The molecule has 4 rings (SSSR count). The minimum Gasteiger partial charge on any atom is -0.486 e. The van der Waals surface area contributed by atoms with Crippen LogP contribution in [0.25, 0.3) is 0 Å². The minimum absolute atomic E-state index is 0.122. The summed E-state index contributed by atoms with van der Waals surface area (Å²) in [5, 5.41) is 8.82. The summed E-state index contributed by atoms with van der Waals surface area (Å²) in [7, 11) is 0. The Hall–Kier alpha value is -2.90. The number of carbonyl (C=O) groups excluding carboxylic acids is 2. The Kier molecular flexibility index (Phi) is 6.01. The van der Waals surface area contributed by atoms with E-state index in [9.17, 15) is 9.59 Å². The van der Waals surface area contributed by atoms with Crippen molar-refractivity contribution < 1.29 is 14.3 Å². The SMILES string of the molecule is Cc1ccc(C(=O)NC2CC2)cc1NC(=O)c1csc(COc2ccc(Cl)cc2)n1. The van der Waals surface area contributed by atoms with Gasteiger partial charge in [0, 0.05) is 27.7 Å². The molecule has 0 unspecified atom stereocenters. The molecule has 1 aliphatic carbocycles. The van der Waals surface area contributed by atoms with Gasteiger partial charge >= 0.3 is 0 Å². The number of ether oxygens (including phenoxy) is 1. The summed E-state index contributed by atoms with van der Waals surface area (Å²) < 4.78 is 5.67. The molecule has 2 amide bonds. The molecule has 0 atom stereocenters. The van der Waals surface area contributed by atoms with E-state index >= 15 is 0 Å². The first-order valence-electron chi connectivity index (χ1n) is 9.53. The van der Waals surface area contributed by atoms with Gasteiger partial charge in [-0.2, -0.15) is 0 Å². The van der Waals surface area contributed by atoms with Crippen molar-refractivity contribution in [3.63, 3.8) is 0 Å². The van der Waals surface area contributed by atoms with Gasteiger partial charge in [0.25, 0.3) is 11.8 Å². The minimum atomic E-state index is -0.327. The third-order valence-electron chi connectivity index (χ3n) is 4.62. The van der Waals surface area contributed by atoms with Gasteiger partial charge in [0.1, 0.15) is 23.1 Å². The van der Waals surface area contributed by atoms with E-state index in [1.54, 1.807) is 41.8 Å². The fourth-order valence-electron chi connectivity index (χ4n) is 2.74. The van der Waals surface area contributed by atoms with Gasteiger partial charge < -0.3 is 15.4 Å². The van der Waals surface area contributed by atoms with Gasteiger partial charge in [-0.15, -0.1) is 11.3 Å². The van der Waals surface area contributed by atoms with Crippen molar-refractivity contribution >= 4 is 40.4 Å². The van der Waals surface area contributed by atoms with Crippen molar-refractivity contribution in [2.45, 2.75) is 32.4 Å². The van der Waals surface area contributed by atoms with E-state index < -0.39 is 0 Å². The van der Waals surface area contributed by atoms with Crippen molar-refractivity contribution in [2.75, 3.05) is 5.32 Å². The standard InChI is InChI=1S/C22H20ClN3O3S/c1-13-2-3-14(21(27)24-16-6-7-16)10-18(13)26-22(28)19-12-30-20(25-19)11-29-17-8-4-15(23)5-9-17/h2-5,8-10,12,16H,6-7,11H2,1H3,(H,24,27)(H,26,28). The molecule has 3 aromatic rings. The molecule has 0 spiro atoms. The van der Waals surface area contributed by atoms with Crippen LogP contribution in [0.2, 0.25) is 5.02 Å². The first kappa shape index (κ1) is 20.4. The molecule has 1 saturated carbocycles. The lowest BCUT2D eigenvalue weighted by Crippen LogP contribution is -2.25. The summed E-state index contributed by atoms with van der Waals surface area (Å²) in [6, 6.07) is 12.6. The molecule has 1 aromatic heterocycles. The Morgan fingerprint density at radius 1 is 1.17 bits per heavy atom. The number of nitrogens with zero attached hydrogens (tertiary/aromatic N) is 1. The maximum Gasteiger partial charge on any atom is 0.275 e. The van der Waals surface area contributed by atoms with Gasteiger partial charge in [-0.3, -0.25) is 9.59 Å². The maximum absolute atomic E-state index is 12.6. The van der Waals surface area contributed by atoms with E-state index in [4.69, 9.17) is 16.3 Å². The zero-order valence-corrected chi connectivity index (χ0v) is 17.8. The molecule has 8 heteroatoms. The quantitative estimate of drug-likeness (QED) is 0.550. The van der Waals surface area contributed by atoms with Crippen molar-refractivity contribution in [1.29, 1.82) is 0 Å². The summed E-state index contributed by atoms with van der Waals surface area (Å²) in [6.45, 7) is 2.14. The zero-order valence-electron chi connectivity index (χ0n) is 16.3. The van der Waals surface area contributed by atoms with Crippen LogP contribution < -0.4 is 15.4 Å². The summed E-state index contributed by atoms with van der Waals surface area (Å²) >= 11 is 7.21. The first-order chi connectivity index (χ1) is 14.5. The van der Waals surface area contributed by atoms with E-state index in [1.165, 1.54) is 11.3 Å². The second-order valence-electron chi connectivity index (χ2n) is 7.10. The molecule has 1 aliphatic rings. The van der Waals surface area contributed by atoms with E-state index in [0.717, 1.165) is 18.4 Å². The molecule has 2 aromatic carbocycles. The number of aromatic nitrogens is 1. The smallest absolute Gasteiger partial charge is 0.275 e. The lowest BCUT2D eigenvalue weighted by molar-refractivity contribution is 0.0949. The lowest BCUT2D eigenvalue weighted by atomic mass is 10.1. The second-order valence-corrected chi connectivity index (χ2v) is 8.48. The monoisotopic (exact) mass is 441 g/mol. The van der Waals surface area contributed by atoms with Crippen LogP contribution >= 0.6 is 22.9 Å². The third kappa shape index (κ3) is 5.17. The summed E-state index contributed by atoms with van der Waals surface area (Å²) in [6.07, 6.45) is 2.05. The molecule has 30 heavy (non-hydrogen) atoms. The maximum atomic E-state index is 12.6. The molecule has 0 bridgehead atoms. The van der Waals surface area contributed by atoms with Gasteiger partial charge in [0.05, 0.1) is 0 Å². The van der Waals surface area contributed by atoms with E-state index in [0.29, 0.717) is 32.7 Å².